The van der Waals surface area contributed by atoms with E-state index >= 15 is 0 Å². The third-order valence-electron chi connectivity index (χ3n) is 1.92. The minimum Gasteiger partial charge on any atom is -0.750 e. The Bertz CT molecular complexity index is 134. The van der Waals surface area contributed by atoms with Crippen LogP contribution in [0.4, 0.5) is 0 Å². The zero-order valence-electron chi connectivity index (χ0n) is 7.25. The molecule has 0 fully saturated rings. The van der Waals surface area contributed by atoms with Gasteiger partial charge < -0.3 is 8.74 Å². The number of hydrogen-bond acceptors (Lipinski definition) is 3. The predicted molar refractivity (Wildman–Crippen MR) is 43.6 cm³/mol. The quantitative estimate of drug-likeness (QED) is 0.602. The summed E-state index contributed by atoms with van der Waals surface area (Å²) in [7, 11) is 0. The van der Waals surface area contributed by atoms with E-state index in [1.807, 2.05) is 0 Å². The van der Waals surface area contributed by atoms with Crippen molar-refractivity contribution in [1.82, 2.24) is 0 Å². The summed E-state index contributed by atoms with van der Waals surface area (Å²) in [4.78, 5) is 0. The van der Waals surface area contributed by atoms with Crippen LogP contribution in [0.25, 0.3) is 0 Å². The van der Waals surface area contributed by atoms with E-state index in [9.17, 15) is 8.76 Å². The molecule has 0 bridgehead atoms. The first-order valence-corrected chi connectivity index (χ1v) is 4.70. The summed E-state index contributed by atoms with van der Waals surface area (Å²) < 4.78 is 24.3. The minimum absolute atomic E-state index is 0.180. The van der Waals surface area contributed by atoms with Crippen LogP contribution in [-0.4, -0.2) is 15.4 Å². The van der Waals surface area contributed by atoms with Gasteiger partial charge in [-0.3, -0.25) is 0 Å². The Morgan fingerprint density at radius 3 is 2.45 bits per heavy atom. The van der Waals surface area contributed by atoms with E-state index in [-0.39, 0.29) is 12.0 Å². The van der Waals surface area contributed by atoms with E-state index in [4.69, 9.17) is 0 Å². The summed E-state index contributed by atoms with van der Waals surface area (Å²) in [6.45, 7) is 6.54. The van der Waals surface area contributed by atoms with Crippen LogP contribution in [0.5, 0.6) is 0 Å². The lowest BCUT2D eigenvalue weighted by molar-refractivity contribution is 0.221. The highest BCUT2D eigenvalue weighted by Crippen LogP contribution is 2.23. The van der Waals surface area contributed by atoms with Gasteiger partial charge in [0, 0.05) is 0 Å². The van der Waals surface area contributed by atoms with Gasteiger partial charge in [-0.05, 0) is 11.8 Å². The molecule has 0 aromatic rings. The molecule has 0 aliphatic heterocycles. The molecule has 0 aromatic heterocycles. The van der Waals surface area contributed by atoms with Gasteiger partial charge in [0.15, 0.2) is 0 Å². The molecule has 11 heavy (non-hydrogen) atoms. The van der Waals surface area contributed by atoms with Crippen molar-refractivity contribution >= 4 is 11.4 Å². The molecule has 1 unspecified atom stereocenters. The van der Waals surface area contributed by atoms with Crippen molar-refractivity contribution in [3.63, 3.8) is 0 Å². The van der Waals surface area contributed by atoms with Crippen LogP contribution < -0.4 is 0 Å². The summed E-state index contributed by atoms with van der Waals surface area (Å²) in [6.07, 6.45) is 1.80. The van der Waals surface area contributed by atoms with Gasteiger partial charge in [0.05, 0.1) is 18.0 Å². The summed E-state index contributed by atoms with van der Waals surface area (Å²) >= 11 is -2.35. The van der Waals surface area contributed by atoms with Crippen molar-refractivity contribution in [2.24, 2.45) is 5.41 Å². The van der Waals surface area contributed by atoms with Crippen LogP contribution in [0.1, 0.15) is 33.6 Å². The summed E-state index contributed by atoms with van der Waals surface area (Å²) in [5, 5.41) is 0. The third kappa shape index (κ3) is 6.47. The van der Waals surface area contributed by atoms with Gasteiger partial charge in [-0.25, -0.2) is 4.21 Å². The summed E-state index contributed by atoms with van der Waals surface area (Å²) in [6, 6.07) is 0. The maximum atomic E-state index is 9.95. The zero-order chi connectivity index (χ0) is 8.91. The highest BCUT2D eigenvalue weighted by atomic mass is 32.2. The molecule has 0 rings (SSSR count). The molecule has 0 saturated heterocycles. The normalized spacial score (nSPS) is 14.9. The lowest BCUT2D eigenvalue weighted by Gasteiger charge is -2.22. The second-order valence-corrected chi connectivity index (χ2v) is 3.94. The molecule has 0 saturated carbocycles. The van der Waals surface area contributed by atoms with Gasteiger partial charge in [-0.1, -0.05) is 27.2 Å². The topological polar surface area (TPSA) is 49.4 Å². The molecule has 0 radical (unpaired) electrons. The average Bonchev–Trinajstić information content (AvgIpc) is 1.87. The maximum absolute atomic E-state index is 9.95. The Balaban J connectivity index is 3.45. The van der Waals surface area contributed by atoms with Crippen molar-refractivity contribution in [3.8, 4) is 0 Å². The van der Waals surface area contributed by atoms with Crippen LogP contribution in [0.2, 0.25) is 0 Å². The van der Waals surface area contributed by atoms with Crippen molar-refractivity contribution < 1.29 is 12.9 Å². The van der Waals surface area contributed by atoms with Gasteiger partial charge in [0.1, 0.15) is 0 Å². The summed E-state index contributed by atoms with van der Waals surface area (Å²) in [5.74, 6) is 0. The first-order valence-electron chi connectivity index (χ1n) is 3.70. The van der Waals surface area contributed by atoms with E-state index in [0.29, 0.717) is 0 Å². The molecule has 3 nitrogen and oxygen atoms in total. The van der Waals surface area contributed by atoms with E-state index < -0.39 is 11.4 Å². The molecular formula is C7H15O3S-. The van der Waals surface area contributed by atoms with Crippen LogP contribution in [0, 0.1) is 5.41 Å². The Hall–Kier alpha value is 0.0700. The second kappa shape index (κ2) is 4.85. The SMILES string of the molecule is CCC(C)(C)CCOS(=O)[O-]. The van der Waals surface area contributed by atoms with Crippen molar-refractivity contribution in [2.45, 2.75) is 33.6 Å². The highest BCUT2D eigenvalue weighted by Gasteiger charge is 2.14. The average molecular weight is 179 g/mol. The molecule has 0 aromatic carbocycles. The van der Waals surface area contributed by atoms with Crippen LogP contribution in [0.15, 0.2) is 0 Å². The second-order valence-electron chi connectivity index (χ2n) is 3.29. The standard InChI is InChI=1S/C7H16O3S/c1-4-7(2,3)5-6-10-11(8)9/h4-6H2,1-3H3,(H,8,9)/p-1. The van der Waals surface area contributed by atoms with Crippen LogP contribution >= 0.6 is 0 Å². The van der Waals surface area contributed by atoms with Crippen molar-refractivity contribution in [1.29, 1.82) is 0 Å². The van der Waals surface area contributed by atoms with Crippen LogP contribution in [-0.2, 0) is 15.5 Å². The van der Waals surface area contributed by atoms with Crippen molar-refractivity contribution in [3.05, 3.63) is 0 Å². The maximum Gasteiger partial charge on any atom is 0.0842 e. The van der Waals surface area contributed by atoms with Gasteiger partial charge >= 0.3 is 0 Å². The van der Waals surface area contributed by atoms with E-state index in [1.165, 1.54) is 0 Å². The number of rotatable bonds is 5. The van der Waals surface area contributed by atoms with Gasteiger partial charge in [0.25, 0.3) is 0 Å². The lowest BCUT2D eigenvalue weighted by atomic mass is 9.87. The third-order valence-corrected chi connectivity index (χ3v) is 2.27. The molecule has 4 heteroatoms. The first kappa shape index (κ1) is 11.1. The molecular weight excluding hydrogens is 164 g/mol. The highest BCUT2D eigenvalue weighted by molar-refractivity contribution is 7.74. The molecule has 0 N–H and O–H groups in total. The Kier molecular flexibility index (Phi) is 4.88. The Morgan fingerprint density at radius 1 is 1.55 bits per heavy atom. The molecule has 68 valence electrons. The minimum atomic E-state index is -2.35. The van der Waals surface area contributed by atoms with E-state index in [0.717, 1.165) is 12.8 Å². The van der Waals surface area contributed by atoms with Crippen molar-refractivity contribution in [2.75, 3.05) is 6.61 Å². The lowest BCUT2D eigenvalue weighted by Crippen LogP contribution is -2.13. The fraction of sp³-hybridized carbons (Fsp3) is 1.00. The molecule has 0 aliphatic rings. The molecule has 0 amide bonds. The van der Waals surface area contributed by atoms with Gasteiger partial charge in [-0.15, -0.1) is 0 Å². The van der Waals surface area contributed by atoms with E-state index in [1.54, 1.807) is 0 Å². The predicted octanol–water partition coefficient (Wildman–Crippen LogP) is 1.62. The monoisotopic (exact) mass is 179 g/mol. The molecule has 1 atom stereocenters. The van der Waals surface area contributed by atoms with Crippen LogP contribution in [0.3, 0.4) is 0 Å². The summed E-state index contributed by atoms with van der Waals surface area (Å²) in [5.41, 5.74) is 0.180. The Morgan fingerprint density at radius 2 is 2.09 bits per heavy atom. The fourth-order valence-electron chi connectivity index (χ4n) is 0.563. The largest absolute Gasteiger partial charge is 0.750 e. The smallest absolute Gasteiger partial charge is 0.0842 e. The van der Waals surface area contributed by atoms with Gasteiger partial charge in [0.2, 0.25) is 0 Å². The molecule has 0 heterocycles. The first-order chi connectivity index (χ1) is 4.98. The van der Waals surface area contributed by atoms with E-state index in [2.05, 4.69) is 25.0 Å². The Labute approximate surface area is 70.6 Å². The zero-order valence-corrected chi connectivity index (χ0v) is 8.07. The molecule has 0 spiro atoms. The number of hydrogen-bond donors (Lipinski definition) is 0. The molecule has 0 aliphatic carbocycles. The fourth-order valence-corrected chi connectivity index (χ4v) is 0.782. The van der Waals surface area contributed by atoms with Gasteiger partial charge in [-0.2, -0.15) is 0 Å².